The number of rotatable bonds is 2. The summed E-state index contributed by atoms with van der Waals surface area (Å²) in [6, 6.07) is 22.0. The van der Waals surface area contributed by atoms with Crippen LogP contribution in [0.2, 0.25) is 0 Å². The highest BCUT2D eigenvalue weighted by atomic mass is 14.9. The Morgan fingerprint density at radius 1 is 0.810 bits per heavy atom. The first-order valence-electron chi connectivity index (χ1n) is 7.73. The van der Waals surface area contributed by atoms with Gasteiger partial charge in [-0.3, -0.25) is 0 Å². The lowest BCUT2D eigenvalue weighted by Crippen LogP contribution is -2.13. The van der Waals surface area contributed by atoms with Crippen LogP contribution in [0, 0.1) is 0 Å². The number of hydrogen-bond donors (Lipinski definition) is 1. The van der Waals surface area contributed by atoms with Gasteiger partial charge in [0.2, 0.25) is 0 Å². The molecule has 1 aliphatic rings. The first-order chi connectivity index (χ1) is 10.4. The van der Waals surface area contributed by atoms with E-state index in [-0.39, 0.29) is 0 Å². The zero-order valence-electron chi connectivity index (χ0n) is 12.1. The van der Waals surface area contributed by atoms with E-state index in [4.69, 9.17) is 0 Å². The molecule has 3 aromatic carbocycles. The van der Waals surface area contributed by atoms with Crippen LogP contribution in [0.25, 0.3) is 10.8 Å². The van der Waals surface area contributed by atoms with E-state index in [1.54, 1.807) is 0 Å². The summed E-state index contributed by atoms with van der Waals surface area (Å²) >= 11 is 0. The lowest BCUT2D eigenvalue weighted by atomic mass is 9.93. The van der Waals surface area contributed by atoms with Gasteiger partial charge in [0.05, 0.1) is 0 Å². The van der Waals surface area contributed by atoms with Crippen LogP contribution in [0.5, 0.6) is 0 Å². The molecule has 21 heavy (non-hydrogen) atoms. The second-order valence-corrected chi connectivity index (χ2v) is 5.80. The highest BCUT2D eigenvalue weighted by Crippen LogP contribution is 2.29. The number of aryl methyl sites for hydroxylation is 1. The van der Waals surface area contributed by atoms with Gasteiger partial charge in [0, 0.05) is 18.7 Å². The van der Waals surface area contributed by atoms with Crippen molar-refractivity contribution in [2.24, 2.45) is 0 Å². The molecule has 0 aliphatic carbocycles. The number of para-hydroxylation sites is 1. The van der Waals surface area contributed by atoms with Gasteiger partial charge in [-0.2, -0.15) is 0 Å². The van der Waals surface area contributed by atoms with E-state index < -0.39 is 0 Å². The first kappa shape index (κ1) is 12.5. The third-order valence-corrected chi connectivity index (χ3v) is 4.42. The van der Waals surface area contributed by atoms with Gasteiger partial charge in [0.25, 0.3) is 0 Å². The molecule has 1 heterocycles. The van der Waals surface area contributed by atoms with E-state index >= 15 is 0 Å². The van der Waals surface area contributed by atoms with Gasteiger partial charge in [-0.15, -0.1) is 0 Å². The minimum absolute atomic E-state index is 0.998. The third-order valence-electron chi connectivity index (χ3n) is 4.42. The maximum Gasteiger partial charge on any atom is 0.0408 e. The topological polar surface area (TPSA) is 12.0 Å². The monoisotopic (exact) mass is 273 g/mol. The van der Waals surface area contributed by atoms with Gasteiger partial charge < -0.3 is 5.32 Å². The summed E-state index contributed by atoms with van der Waals surface area (Å²) in [5, 5.41) is 6.30. The van der Waals surface area contributed by atoms with Crippen LogP contribution >= 0.6 is 0 Å². The fraction of sp³-hybridized carbons (Fsp3) is 0.200. The van der Waals surface area contributed by atoms with E-state index in [0.717, 1.165) is 13.0 Å². The molecule has 0 radical (unpaired) electrons. The van der Waals surface area contributed by atoms with Crippen molar-refractivity contribution in [2.45, 2.75) is 19.3 Å². The molecule has 104 valence electrons. The van der Waals surface area contributed by atoms with Crippen LogP contribution in [0.3, 0.4) is 0 Å². The molecule has 0 bridgehead atoms. The molecule has 3 aromatic rings. The second kappa shape index (κ2) is 5.25. The Bertz CT molecular complexity index is 783. The summed E-state index contributed by atoms with van der Waals surface area (Å²) in [4.78, 5) is 0. The molecule has 1 N–H and O–H groups in total. The van der Waals surface area contributed by atoms with Gasteiger partial charge in [-0.1, -0.05) is 60.7 Å². The Morgan fingerprint density at radius 2 is 1.62 bits per heavy atom. The largest absolute Gasteiger partial charge is 0.385 e. The highest BCUT2D eigenvalue weighted by Gasteiger charge is 2.13. The van der Waals surface area contributed by atoms with E-state index in [0.29, 0.717) is 0 Å². The summed E-state index contributed by atoms with van der Waals surface area (Å²) in [5.74, 6) is 0. The molecule has 0 saturated carbocycles. The van der Waals surface area contributed by atoms with Crippen LogP contribution in [-0.4, -0.2) is 6.54 Å². The summed E-state index contributed by atoms with van der Waals surface area (Å²) in [5.41, 5.74) is 5.67. The van der Waals surface area contributed by atoms with Crippen molar-refractivity contribution in [1.82, 2.24) is 0 Å². The molecule has 1 nitrogen and oxygen atoms in total. The first-order valence-corrected chi connectivity index (χ1v) is 7.73. The van der Waals surface area contributed by atoms with Crippen LogP contribution in [-0.2, 0) is 12.8 Å². The molecule has 1 heteroatoms. The molecule has 0 amide bonds. The summed E-state index contributed by atoms with van der Waals surface area (Å²) in [6.45, 7) is 1.10. The Hall–Kier alpha value is -2.28. The Morgan fingerprint density at radius 3 is 2.62 bits per heavy atom. The van der Waals surface area contributed by atoms with Gasteiger partial charge in [0.15, 0.2) is 0 Å². The summed E-state index contributed by atoms with van der Waals surface area (Å²) in [7, 11) is 0. The van der Waals surface area contributed by atoms with Crippen LogP contribution < -0.4 is 5.32 Å². The normalized spacial score (nSPS) is 13.7. The zero-order chi connectivity index (χ0) is 14.1. The Balaban J connectivity index is 1.79. The van der Waals surface area contributed by atoms with Gasteiger partial charge >= 0.3 is 0 Å². The maximum atomic E-state index is 3.60. The van der Waals surface area contributed by atoms with E-state index in [2.05, 4.69) is 66.0 Å². The lowest BCUT2D eigenvalue weighted by molar-refractivity contribution is 0.825. The summed E-state index contributed by atoms with van der Waals surface area (Å²) in [6.07, 6.45) is 3.44. The van der Waals surface area contributed by atoms with Gasteiger partial charge in [-0.05, 0) is 40.3 Å². The van der Waals surface area contributed by atoms with Gasteiger partial charge in [0.1, 0.15) is 0 Å². The number of anilines is 1. The van der Waals surface area contributed by atoms with Crippen LogP contribution in [0.15, 0.2) is 60.7 Å². The van der Waals surface area contributed by atoms with E-state index in [1.165, 1.54) is 46.0 Å². The fourth-order valence-corrected chi connectivity index (χ4v) is 3.38. The molecular weight excluding hydrogens is 254 g/mol. The smallest absolute Gasteiger partial charge is 0.0408 e. The molecule has 0 fully saturated rings. The van der Waals surface area contributed by atoms with Crippen molar-refractivity contribution < 1.29 is 0 Å². The average molecular weight is 273 g/mol. The van der Waals surface area contributed by atoms with Crippen molar-refractivity contribution in [3.05, 3.63) is 77.4 Å². The predicted molar refractivity (Wildman–Crippen MR) is 90.0 cm³/mol. The molecule has 0 atom stereocenters. The van der Waals surface area contributed by atoms with E-state index in [9.17, 15) is 0 Å². The van der Waals surface area contributed by atoms with Crippen molar-refractivity contribution in [3.8, 4) is 0 Å². The quantitative estimate of drug-likeness (QED) is 0.708. The van der Waals surface area contributed by atoms with Crippen molar-refractivity contribution in [3.63, 3.8) is 0 Å². The molecule has 0 spiro atoms. The lowest BCUT2D eigenvalue weighted by Gasteiger charge is -2.21. The van der Waals surface area contributed by atoms with Crippen LogP contribution in [0.1, 0.15) is 23.1 Å². The van der Waals surface area contributed by atoms with Crippen molar-refractivity contribution in [2.75, 3.05) is 11.9 Å². The summed E-state index contributed by atoms with van der Waals surface area (Å²) < 4.78 is 0. The van der Waals surface area contributed by atoms with Crippen molar-refractivity contribution in [1.29, 1.82) is 0 Å². The molecule has 0 unspecified atom stereocenters. The molecule has 1 aliphatic heterocycles. The number of hydrogen-bond acceptors (Lipinski definition) is 1. The number of nitrogens with one attached hydrogen (secondary N) is 1. The minimum atomic E-state index is 0.998. The van der Waals surface area contributed by atoms with Crippen molar-refractivity contribution >= 4 is 16.5 Å². The standard InChI is InChI=1S/C20H19N/c1-2-12-19-15(6-1)7-3-9-17(19)14-18-10-4-8-16-11-5-13-21-20(16)18/h1-4,6-10,12,21H,5,11,13-14H2. The number of fused-ring (bicyclic) bond motifs is 2. The van der Waals surface area contributed by atoms with Gasteiger partial charge in [-0.25, -0.2) is 0 Å². The zero-order valence-corrected chi connectivity index (χ0v) is 12.1. The fourth-order valence-electron chi connectivity index (χ4n) is 3.38. The minimum Gasteiger partial charge on any atom is -0.385 e. The Kier molecular flexibility index (Phi) is 3.11. The average Bonchev–Trinajstić information content (AvgIpc) is 2.56. The number of benzene rings is 3. The Labute approximate surface area is 125 Å². The molecule has 0 saturated heterocycles. The molecule has 4 rings (SSSR count). The SMILES string of the molecule is c1cc2c(c(Cc3cccc4ccccc34)c1)NCCC2. The maximum absolute atomic E-state index is 3.60. The molecular formula is C20H19N. The van der Waals surface area contributed by atoms with E-state index in [1.807, 2.05) is 0 Å². The predicted octanol–water partition coefficient (Wildman–Crippen LogP) is 4.79. The highest BCUT2D eigenvalue weighted by molar-refractivity contribution is 5.86. The second-order valence-electron chi connectivity index (χ2n) is 5.80. The third kappa shape index (κ3) is 2.29. The molecule has 0 aromatic heterocycles. The van der Waals surface area contributed by atoms with Crippen LogP contribution in [0.4, 0.5) is 5.69 Å².